The highest BCUT2D eigenvalue weighted by atomic mass is 32.2. The molecule has 2 aromatic rings. The van der Waals surface area contributed by atoms with Crippen LogP contribution in [0.25, 0.3) is 0 Å². The van der Waals surface area contributed by atoms with E-state index in [2.05, 4.69) is 15.2 Å². The third-order valence-electron chi connectivity index (χ3n) is 4.58. The molecule has 1 aromatic carbocycles. The number of hydrogen-bond acceptors (Lipinski definition) is 6. The van der Waals surface area contributed by atoms with Gasteiger partial charge in [-0.15, -0.1) is 11.3 Å². The van der Waals surface area contributed by atoms with Gasteiger partial charge in [-0.3, -0.25) is 4.79 Å². The lowest BCUT2D eigenvalue weighted by atomic mass is 9.96. The largest absolute Gasteiger partial charge is 0.302 e. The molecule has 0 saturated carbocycles. The van der Waals surface area contributed by atoms with Crippen molar-refractivity contribution in [2.75, 3.05) is 31.2 Å². The molecule has 0 aliphatic carbocycles. The maximum atomic E-state index is 12.9. The van der Waals surface area contributed by atoms with Crippen LogP contribution in [0.5, 0.6) is 0 Å². The molecule has 3 rings (SSSR count). The van der Waals surface area contributed by atoms with Crippen LogP contribution in [-0.2, 0) is 14.6 Å². The minimum Gasteiger partial charge on any atom is -0.302 e. The number of nitrogens with zero attached hydrogens (tertiary/aromatic N) is 2. The second kappa shape index (κ2) is 8.28. The van der Waals surface area contributed by atoms with Gasteiger partial charge in [-0.2, -0.15) is 0 Å². The molecule has 2 heterocycles. The summed E-state index contributed by atoms with van der Waals surface area (Å²) >= 11 is 1.38. The number of amides is 1. The van der Waals surface area contributed by atoms with Crippen molar-refractivity contribution in [2.45, 2.75) is 30.1 Å². The normalized spacial score (nSPS) is 17.0. The van der Waals surface area contributed by atoms with Gasteiger partial charge in [0.05, 0.1) is 10.8 Å². The first-order chi connectivity index (χ1) is 12.4. The van der Waals surface area contributed by atoms with Gasteiger partial charge in [-0.25, -0.2) is 13.4 Å². The van der Waals surface area contributed by atoms with Crippen LogP contribution in [0.2, 0.25) is 0 Å². The quantitative estimate of drug-likeness (QED) is 0.816. The third kappa shape index (κ3) is 4.90. The van der Waals surface area contributed by atoms with Crippen LogP contribution in [0, 0.1) is 0 Å². The molecule has 0 spiro atoms. The molecular formula is C18H23N3O3S2. The number of benzene rings is 1. The van der Waals surface area contributed by atoms with E-state index in [1.165, 1.54) is 24.0 Å². The summed E-state index contributed by atoms with van der Waals surface area (Å²) in [5, 5.41) is 5.27. The van der Waals surface area contributed by atoms with E-state index < -0.39 is 9.84 Å². The van der Waals surface area contributed by atoms with Crippen molar-refractivity contribution in [3.8, 4) is 0 Å². The van der Waals surface area contributed by atoms with Crippen LogP contribution >= 0.6 is 11.3 Å². The molecule has 0 radical (unpaired) electrons. The highest BCUT2D eigenvalue weighted by molar-refractivity contribution is 7.90. The molecule has 1 aliphatic heterocycles. The molecule has 140 valence electrons. The number of carbonyl (C=O) groups is 1. The number of thiazole rings is 1. The fraction of sp³-hybridized carbons (Fsp3) is 0.444. The highest BCUT2D eigenvalue weighted by Gasteiger charge is 2.25. The van der Waals surface area contributed by atoms with Gasteiger partial charge in [0.25, 0.3) is 0 Å². The molecule has 1 atom stereocenters. The summed E-state index contributed by atoms with van der Waals surface area (Å²) in [6, 6.07) is 6.63. The lowest BCUT2D eigenvalue weighted by Crippen LogP contribution is -2.37. The summed E-state index contributed by atoms with van der Waals surface area (Å²) in [6.45, 7) is 2.60. The van der Waals surface area contributed by atoms with E-state index in [4.69, 9.17) is 0 Å². The number of likely N-dealkylation sites (tertiary alicyclic amines) is 1. The Morgan fingerprint density at radius 3 is 2.50 bits per heavy atom. The van der Waals surface area contributed by atoms with Crippen LogP contribution in [0.3, 0.4) is 0 Å². The van der Waals surface area contributed by atoms with Gasteiger partial charge in [-0.1, -0.05) is 18.6 Å². The maximum Gasteiger partial charge on any atom is 0.235 e. The van der Waals surface area contributed by atoms with E-state index in [0.717, 1.165) is 31.5 Å². The number of nitrogens with one attached hydrogen (secondary N) is 1. The second-order valence-corrected chi connectivity index (χ2v) is 9.49. The van der Waals surface area contributed by atoms with Gasteiger partial charge >= 0.3 is 0 Å². The van der Waals surface area contributed by atoms with Crippen LogP contribution in [0.15, 0.2) is 40.7 Å². The number of hydrogen-bond donors (Lipinski definition) is 1. The summed E-state index contributed by atoms with van der Waals surface area (Å²) in [7, 11) is -3.25. The van der Waals surface area contributed by atoms with Gasteiger partial charge in [0, 0.05) is 24.4 Å². The van der Waals surface area contributed by atoms with E-state index in [9.17, 15) is 13.2 Å². The molecule has 1 fully saturated rings. The molecular weight excluding hydrogens is 370 g/mol. The molecule has 0 bridgehead atoms. The summed E-state index contributed by atoms with van der Waals surface area (Å²) < 4.78 is 23.4. The average molecular weight is 394 g/mol. The fourth-order valence-electron chi connectivity index (χ4n) is 3.16. The zero-order valence-corrected chi connectivity index (χ0v) is 16.4. The highest BCUT2D eigenvalue weighted by Crippen LogP contribution is 2.24. The number of rotatable bonds is 6. The van der Waals surface area contributed by atoms with Crippen molar-refractivity contribution in [3.63, 3.8) is 0 Å². The minimum atomic E-state index is -3.25. The Bertz CT molecular complexity index is 827. The van der Waals surface area contributed by atoms with Gasteiger partial charge in [0.2, 0.25) is 5.91 Å². The van der Waals surface area contributed by atoms with Gasteiger partial charge in [0.1, 0.15) is 0 Å². The van der Waals surface area contributed by atoms with Crippen molar-refractivity contribution >= 4 is 32.2 Å². The Morgan fingerprint density at radius 1 is 1.23 bits per heavy atom. The third-order valence-corrected chi connectivity index (χ3v) is 6.40. The van der Waals surface area contributed by atoms with E-state index in [-0.39, 0.29) is 16.7 Å². The van der Waals surface area contributed by atoms with Crippen molar-refractivity contribution in [1.29, 1.82) is 0 Å². The van der Waals surface area contributed by atoms with Gasteiger partial charge in [-0.05, 0) is 43.6 Å². The summed E-state index contributed by atoms with van der Waals surface area (Å²) in [5.74, 6) is -0.483. The molecule has 1 unspecified atom stereocenters. The molecule has 1 N–H and O–H groups in total. The number of anilines is 1. The predicted octanol–water partition coefficient (Wildman–Crippen LogP) is 2.75. The SMILES string of the molecule is CS(=O)(=O)c1ccc(C(CN2CCCCC2)C(=O)Nc2nccs2)cc1. The Morgan fingerprint density at radius 2 is 1.92 bits per heavy atom. The zero-order valence-electron chi connectivity index (χ0n) is 14.7. The Balaban J connectivity index is 1.82. The lowest BCUT2D eigenvalue weighted by Gasteiger charge is -2.30. The Labute approximate surface area is 158 Å². The summed E-state index contributed by atoms with van der Waals surface area (Å²) in [5.41, 5.74) is 0.817. The Hall–Kier alpha value is -1.77. The maximum absolute atomic E-state index is 12.9. The van der Waals surface area contributed by atoms with Crippen molar-refractivity contribution in [1.82, 2.24) is 9.88 Å². The topological polar surface area (TPSA) is 79.4 Å². The van der Waals surface area contributed by atoms with Gasteiger partial charge < -0.3 is 10.2 Å². The monoisotopic (exact) mass is 393 g/mol. The molecule has 1 saturated heterocycles. The van der Waals surface area contributed by atoms with E-state index >= 15 is 0 Å². The van der Waals surface area contributed by atoms with Crippen molar-refractivity contribution < 1.29 is 13.2 Å². The molecule has 1 aliphatic rings. The molecule has 26 heavy (non-hydrogen) atoms. The van der Waals surface area contributed by atoms with Crippen LogP contribution < -0.4 is 5.32 Å². The summed E-state index contributed by atoms with van der Waals surface area (Å²) in [4.78, 5) is 19.6. The molecule has 6 nitrogen and oxygen atoms in total. The first kappa shape index (κ1) is 19.0. The molecule has 1 aromatic heterocycles. The second-order valence-electron chi connectivity index (χ2n) is 6.58. The lowest BCUT2D eigenvalue weighted by molar-refractivity contribution is -0.118. The summed E-state index contributed by atoms with van der Waals surface area (Å²) in [6.07, 6.45) is 6.36. The predicted molar refractivity (Wildman–Crippen MR) is 103 cm³/mol. The number of piperidine rings is 1. The van der Waals surface area contributed by atoms with Crippen molar-refractivity contribution in [3.05, 3.63) is 41.4 Å². The molecule has 1 amide bonds. The first-order valence-corrected chi connectivity index (χ1v) is 11.4. The smallest absolute Gasteiger partial charge is 0.235 e. The first-order valence-electron chi connectivity index (χ1n) is 8.66. The zero-order chi connectivity index (χ0) is 18.6. The minimum absolute atomic E-state index is 0.113. The van der Waals surface area contributed by atoms with Crippen LogP contribution in [-0.4, -0.2) is 50.1 Å². The standard InChI is InChI=1S/C18H23N3O3S2/c1-26(23,24)15-7-5-14(6-8-15)16(13-21-10-3-2-4-11-21)17(22)20-18-19-9-12-25-18/h5-9,12,16H,2-4,10-11,13H2,1H3,(H,19,20,22). The molecule has 8 heteroatoms. The fourth-order valence-corrected chi connectivity index (χ4v) is 4.33. The van der Waals surface area contributed by atoms with Gasteiger partial charge in [0.15, 0.2) is 15.0 Å². The van der Waals surface area contributed by atoms with Crippen molar-refractivity contribution in [2.24, 2.45) is 0 Å². The van der Waals surface area contributed by atoms with E-state index in [1.54, 1.807) is 30.5 Å². The number of sulfone groups is 1. The Kier molecular flexibility index (Phi) is 6.05. The number of carbonyl (C=O) groups excluding carboxylic acids is 1. The van der Waals surface area contributed by atoms with Crippen LogP contribution in [0.1, 0.15) is 30.7 Å². The average Bonchev–Trinajstić information content (AvgIpc) is 3.13. The van der Waals surface area contributed by atoms with E-state index in [1.807, 2.05) is 5.38 Å². The van der Waals surface area contributed by atoms with E-state index in [0.29, 0.717) is 11.7 Å². The van der Waals surface area contributed by atoms with Crippen LogP contribution in [0.4, 0.5) is 5.13 Å². The number of aromatic nitrogens is 1.